The molecule has 0 fully saturated rings. The molecule has 0 heterocycles. The molecule has 0 saturated carbocycles. The summed E-state index contributed by atoms with van der Waals surface area (Å²) in [6, 6.07) is 12.0. The first-order chi connectivity index (χ1) is 17.0. The molecule has 10 heteroatoms. The van der Waals surface area contributed by atoms with Crippen LogP contribution in [-0.4, -0.2) is 41.7 Å². The maximum atomic E-state index is 13.9. The Kier molecular flexibility index (Phi) is 8.27. The van der Waals surface area contributed by atoms with Crippen LogP contribution in [0.25, 0.3) is 5.57 Å². The fourth-order valence-electron chi connectivity index (χ4n) is 3.66. The van der Waals surface area contributed by atoms with Crippen molar-refractivity contribution in [2.45, 2.75) is 10.9 Å². The number of carbonyl (C=O) groups excluding carboxylic acids is 1. The zero-order valence-corrected chi connectivity index (χ0v) is 21.8. The first-order valence-corrected chi connectivity index (χ1v) is 12.9. The lowest BCUT2D eigenvalue weighted by molar-refractivity contribution is -0.114. The lowest BCUT2D eigenvalue weighted by Crippen LogP contribution is -2.23. The van der Waals surface area contributed by atoms with E-state index < -0.39 is 27.5 Å². The van der Waals surface area contributed by atoms with Gasteiger partial charge in [0, 0.05) is 52.5 Å². The summed E-state index contributed by atoms with van der Waals surface area (Å²) in [6.45, 7) is 3.98. The SMILES string of the molecule is C=C(C(=O)C(Nc1cc(OC)cc(S(C)(=O)=O)c1)c1ccc(Cl)cc1OC)c1ccc(F)cc1NC. The number of anilines is 2. The van der Waals surface area contributed by atoms with E-state index in [1.807, 2.05) is 0 Å². The Bertz CT molecular complexity index is 1430. The minimum Gasteiger partial charge on any atom is -0.497 e. The summed E-state index contributed by atoms with van der Waals surface area (Å²) in [5.74, 6) is -0.311. The van der Waals surface area contributed by atoms with E-state index in [2.05, 4.69) is 17.2 Å². The largest absolute Gasteiger partial charge is 0.497 e. The monoisotopic (exact) mass is 532 g/mol. The molecule has 0 bridgehead atoms. The van der Waals surface area contributed by atoms with Gasteiger partial charge in [-0.15, -0.1) is 0 Å². The van der Waals surface area contributed by atoms with Gasteiger partial charge >= 0.3 is 0 Å². The third-order valence-electron chi connectivity index (χ3n) is 5.50. The van der Waals surface area contributed by atoms with Gasteiger partial charge < -0.3 is 20.1 Å². The molecular formula is C26H26ClFN2O5S. The molecule has 0 spiro atoms. The second kappa shape index (κ2) is 11.0. The molecule has 0 aliphatic carbocycles. The van der Waals surface area contributed by atoms with Crippen LogP contribution in [0.3, 0.4) is 0 Å². The molecular weight excluding hydrogens is 507 g/mol. The van der Waals surface area contributed by atoms with Gasteiger partial charge in [0.2, 0.25) is 0 Å². The van der Waals surface area contributed by atoms with Crippen molar-refractivity contribution in [3.63, 3.8) is 0 Å². The van der Waals surface area contributed by atoms with Gasteiger partial charge in [0.25, 0.3) is 0 Å². The number of ether oxygens (including phenoxy) is 2. The highest BCUT2D eigenvalue weighted by Gasteiger charge is 2.28. The highest BCUT2D eigenvalue weighted by Crippen LogP contribution is 2.36. The van der Waals surface area contributed by atoms with Crippen molar-refractivity contribution in [1.29, 1.82) is 0 Å². The molecule has 0 aliphatic rings. The van der Waals surface area contributed by atoms with Gasteiger partial charge in [-0.05, 0) is 42.5 Å². The molecule has 1 unspecified atom stereocenters. The lowest BCUT2D eigenvalue weighted by Gasteiger charge is -2.24. The number of Topliss-reactive ketones (excluding diaryl/α,β-unsaturated/α-hetero) is 1. The van der Waals surface area contributed by atoms with Crippen LogP contribution in [0.1, 0.15) is 17.2 Å². The molecule has 190 valence electrons. The second-order valence-electron chi connectivity index (χ2n) is 7.92. The topological polar surface area (TPSA) is 93.7 Å². The summed E-state index contributed by atoms with van der Waals surface area (Å²) in [5.41, 5.74) is 1.64. The van der Waals surface area contributed by atoms with Gasteiger partial charge in [-0.2, -0.15) is 0 Å². The summed E-state index contributed by atoms with van der Waals surface area (Å²) in [7, 11) is 0.881. The normalized spacial score (nSPS) is 11.9. The summed E-state index contributed by atoms with van der Waals surface area (Å²) in [4.78, 5) is 13.9. The Morgan fingerprint density at radius 1 is 1.06 bits per heavy atom. The predicted octanol–water partition coefficient (Wildman–Crippen LogP) is 5.38. The van der Waals surface area contributed by atoms with E-state index in [-0.39, 0.29) is 16.2 Å². The molecule has 1 atom stereocenters. The molecule has 3 aromatic carbocycles. The van der Waals surface area contributed by atoms with Crippen molar-refractivity contribution in [3.8, 4) is 11.5 Å². The summed E-state index contributed by atoms with van der Waals surface area (Å²) in [6.07, 6.45) is 1.08. The fraction of sp³-hybridized carbons (Fsp3) is 0.192. The van der Waals surface area contributed by atoms with E-state index in [1.54, 1.807) is 31.3 Å². The van der Waals surface area contributed by atoms with Crippen LogP contribution in [0.2, 0.25) is 5.02 Å². The van der Waals surface area contributed by atoms with Crippen LogP contribution in [0.5, 0.6) is 11.5 Å². The highest BCUT2D eigenvalue weighted by molar-refractivity contribution is 7.90. The molecule has 0 aromatic heterocycles. The van der Waals surface area contributed by atoms with Crippen LogP contribution in [0.4, 0.5) is 15.8 Å². The average molecular weight is 533 g/mol. The number of ketones is 1. The number of methoxy groups -OCH3 is 2. The van der Waals surface area contributed by atoms with Crippen LogP contribution >= 0.6 is 11.6 Å². The van der Waals surface area contributed by atoms with E-state index in [1.165, 1.54) is 44.6 Å². The van der Waals surface area contributed by atoms with Crippen molar-refractivity contribution in [1.82, 2.24) is 0 Å². The zero-order chi connectivity index (χ0) is 26.6. The molecule has 3 rings (SSSR count). The Morgan fingerprint density at radius 2 is 1.78 bits per heavy atom. The number of hydrogen-bond acceptors (Lipinski definition) is 7. The maximum absolute atomic E-state index is 13.9. The number of sulfone groups is 1. The third-order valence-corrected chi connectivity index (χ3v) is 6.82. The fourth-order valence-corrected chi connectivity index (χ4v) is 4.49. The summed E-state index contributed by atoms with van der Waals surface area (Å²) in [5, 5.41) is 6.37. The predicted molar refractivity (Wildman–Crippen MR) is 140 cm³/mol. The van der Waals surface area contributed by atoms with Gasteiger partial charge in [0.05, 0.1) is 19.1 Å². The quantitative estimate of drug-likeness (QED) is 0.339. The lowest BCUT2D eigenvalue weighted by atomic mass is 9.92. The van der Waals surface area contributed by atoms with E-state index in [4.69, 9.17) is 21.1 Å². The van der Waals surface area contributed by atoms with Crippen molar-refractivity contribution < 1.29 is 27.1 Å². The molecule has 0 amide bonds. The van der Waals surface area contributed by atoms with Gasteiger partial charge in [-0.3, -0.25) is 4.79 Å². The van der Waals surface area contributed by atoms with Crippen LogP contribution in [0, 0.1) is 5.82 Å². The van der Waals surface area contributed by atoms with Crippen molar-refractivity contribution in [2.75, 3.05) is 38.2 Å². The third kappa shape index (κ3) is 5.98. The minimum atomic E-state index is -3.58. The molecule has 3 aromatic rings. The highest BCUT2D eigenvalue weighted by atomic mass is 35.5. The number of hydrogen-bond donors (Lipinski definition) is 2. The summed E-state index contributed by atoms with van der Waals surface area (Å²) >= 11 is 6.13. The van der Waals surface area contributed by atoms with Crippen molar-refractivity contribution >= 4 is 44.2 Å². The molecule has 0 radical (unpaired) electrons. The zero-order valence-electron chi connectivity index (χ0n) is 20.2. The number of nitrogens with one attached hydrogen (secondary N) is 2. The van der Waals surface area contributed by atoms with Gasteiger partial charge in [0.15, 0.2) is 15.6 Å². The number of benzene rings is 3. The molecule has 2 N–H and O–H groups in total. The maximum Gasteiger partial charge on any atom is 0.189 e. The van der Waals surface area contributed by atoms with Crippen LogP contribution in [0.15, 0.2) is 66.1 Å². The smallest absolute Gasteiger partial charge is 0.189 e. The van der Waals surface area contributed by atoms with E-state index in [0.717, 1.165) is 6.26 Å². The van der Waals surface area contributed by atoms with Crippen molar-refractivity contribution in [2.24, 2.45) is 0 Å². The van der Waals surface area contributed by atoms with E-state index >= 15 is 0 Å². The van der Waals surface area contributed by atoms with Gasteiger partial charge in [-0.1, -0.05) is 24.2 Å². The molecule has 36 heavy (non-hydrogen) atoms. The van der Waals surface area contributed by atoms with E-state index in [0.29, 0.717) is 33.3 Å². The number of halogens is 2. The Morgan fingerprint density at radius 3 is 2.39 bits per heavy atom. The first kappa shape index (κ1) is 27.0. The van der Waals surface area contributed by atoms with Gasteiger partial charge in [-0.25, -0.2) is 12.8 Å². The number of carbonyl (C=O) groups is 1. The number of rotatable bonds is 10. The second-order valence-corrected chi connectivity index (χ2v) is 10.4. The summed E-state index contributed by atoms with van der Waals surface area (Å²) < 4.78 is 49.0. The molecule has 7 nitrogen and oxygen atoms in total. The standard InChI is InChI=1S/C26H26ClFN2O5S/c1-15(21-9-7-17(28)11-23(21)29-2)26(31)25(22-8-6-16(27)10-24(22)35-4)30-18-12-19(34-3)14-20(13-18)36(5,32)33/h6-14,25,29-30H,1H2,2-5H3. The molecule has 0 aliphatic heterocycles. The Labute approximate surface area is 214 Å². The first-order valence-electron chi connectivity index (χ1n) is 10.7. The minimum absolute atomic E-state index is 0.00782. The molecule has 0 saturated heterocycles. The van der Waals surface area contributed by atoms with Crippen LogP contribution < -0.4 is 20.1 Å². The van der Waals surface area contributed by atoms with Crippen molar-refractivity contribution in [3.05, 3.63) is 83.1 Å². The Balaban J connectivity index is 2.16. The Hall–Kier alpha value is -3.56. The average Bonchev–Trinajstić information content (AvgIpc) is 2.85. The van der Waals surface area contributed by atoms with E-state index in [9.17, 15) is 17.6 Å². The van der Waals surface area contributed by atoms with Gasteiger partial charge in [0.1, 0.15) is 23.4 Å². The van der Waals surface area contributed by atoms with Crippen LogP contribution in [-0.2, 0) is 14.6 Å².